The van der Waals surface area contributed by atoms with Crippen molar-refractivity contribution in [3.05, 3.63) is 0 Å². The Labute approximate surface area is 94.9 Å². The van der Waals surface area contributed by atoms with Crippen LogP contribution >= 0.6 is 0 Å². The van der Waals surface area contributed by atoms with Crippen LogP contribution in [0.4, 0.5) is 8.63 Å². The summed E-state index contributed by atoms with van der Waals surface area (Å²) >= 11 is 0. The van der Waals surface area contributed by atoms with E-state index in [1.165, 1.54) is 38.5 Å². The predicted molar refractivity (Wildman–Crippen MR) is 55.7 cm³/mol. The topological polar surface area (TPSA) is 16.6 Å². The largest absolute Gasteiger partial charge is 1.00 e. The zero-order valence-corrected chi connectivity index (χ0v) is 9.47. The van der Waals surface area contributed by atoms with Gasteiger partial charge in [-0.05, 0) is 37.0 Å². The van der Waals surface area contributed by atoms with Crippen molar-refractivity contribution < 1.29 is 18.7 Å². The van der Waals surface area contributed by atoms with E-state index in [9.17, 15) is 8.63 Å². The first-order valence-electron chi connectivity index (χ1n) is 6.28. The molecular formula is C11H19BF3N. The van der Waals surface area contributed by atoms with Gasteiger partial charge in [-0.2, -0.15) is 0 Å². The van der Waals surface area contributed by atoms with Crippen molar-refractivity contribution in [1.82, 2.24) is 0 Å². The molecule has 0 radical (unpaired) electrons. The Morgan fingerprint density at radius 3 is 1.81 bits per heavy atom. The van der Waals surface area contributed by atoms with Gasteiger partial charge in [0.15, 0.2) is 0 Å². The highest BCUT2D eigenvalue weighted by molar-refractivity contribution is 6.42. The Kier molecular flexibility index (Phi) is 3.26. The highest BCUT2D eigenvalue weighted by Gasteiger charge is 2.53. The minimum atomic E-state index is -2.14. The Morgan fingerprint density at radius 2 is 1.44 bits per heavy atom. The molecule has 0 saturated heterocycles. The van der Waals surface area contributed by atoms with Crippen molar-refractivity contribution in [2.45, 2.75) is 44.1 Å². The summed E-state index contributed by atoms with van der Waals surface area (Å²) in [5.41, 5.74) is 0.227. The van der Waals surface area contributed by atoms with Crippen LogP contribution in [0.5, 0.6) is 0 Å². The van der Waals surface area contributed by atoms with E-state index in [0.29, 0.717) is 0 Å². The quantitative estimate of drug-likeness (QED) is 0.571. The first-order chi connectivity index (χ1) is 7.15. The van der Waals surface area contributed by atoms with Crippen LogP contribution in [0.3, 0.4) is 0 Å². The van der Waals surface area contributed by atoms with Crippen LogP contribution in [0.15, 0.2) is 0 Å². The summed E-state index contributed by atoms with van der Waals surface area (Å²) < 4.78 is 24.6. The molecule has 0 aliphatic heterocycles. The van der Waals surface area contributed by atoms with Gasteiger partial charge in [0.2, 0.25) is 0 Å². The second-order valence-corrected chi connectivity index (χ2v) is 6.11. The van der Waals surface area contributed by atoms with E-state index in [0.717, 1.165) is 17.8 Å². The summed E-state index contributed by atoms with van der Waals surface area (Å²) in [7, 11) is -2.14. The van der Waals surface area contributed by atoms with E-state index in [4.69, 9.17) is 0 Å². The molecule has 0 heterocycles. The second-order valence-electron chi connectivity index (χ2n) is 6.11. The van der Waals surface area contributed by atoms with E-state index in [1.54, 1.807) is 0 Å². The third kappa shape index (κ3) is 2.11. The van der Waals surface area contributed by atoms with E-state index >= 15 is 0 Å². The van der Waals surface area contributed by atoms with Crippen LogP contribution in [0.1, 0.15) is 38.5 Å². The zero-order chi connectivity index (χ0) is 10.5. The molecule has 4 rings (SSSR count). The summed E-state index contributed by atoms with van der Waals surface area (Å²) in [6.07, 6.45) is 7.83. The zero-order valence-electron chi connectivity index (χ0n) is 9.47. The van der Waals surface area contributed by atoms with Crippen molar-refractivity contribution in [1.29, 1.82) is 0 Å². The number of hydrogen-bond acceptors (Lipinski definition) is 0. The molecule has 0 amide bonds. The number of hydrogen-bond donors (Lipinski definition) is 1. The van der Waals surface area contributed by atoms with Gasteiger partial charge in [0, 0.05) is 19.3 Å². The van der Waals surface area contributed by atoms with Crippen molar-refractivity contribution in [3.8, 4) is 0 Å². The lowest BCUT2D eigenvalue weighted by Gasteiger charge is -2.54. The van der Waals surface area contributed by atoms with E-state index < -0.39 is 7.27 Å². The molecule has 0 aromatic heterocycles. The van der Waals surface area contributed by atoms with Crippen LogP contribution in [0, 0.1) is 17.8 Å². The highest BCUT2D eigenvalue weighted by atomic mass is 19.2. The van der Waals surface area contributed by atoms with Gasteiger partial charge in [0.1, 0.15) is 6.44 Å². The maximum absolute atomic E-state index is 12.3. The van der Waals surface area contributed by atoms with Crippen molar-refractivity contribution in [2.75, 3.05) is 6.44 Å². The standard InChI is InChI=1S/C11H18BF2N.FH/c13-12(14)7-15-11-4-8-1-9(5-11)3-10(2-8)6-11;/h8-10,15H,1-7H2;1H. The van der Waals surface area contributed by atoms with Gasteiger partial charge in [-0.1, -0.05) is 0 Å². The number of rotatable bonds is 3. The summed E-state index contributed by atoms with van der Waals surface area (Å²) in [5.74, 6) is 2.60. The monoisotopic (exact) mass is 233 g/mol. The van der Waals surface area contributed by atoms with Gasteiger partial charge < -0.3 is 10.0 Å². The molecule has 92 valence electrons. The Hall–Kier alpha value is -0.185. The maximum Gasteiger partial charge on any atom is 0.592 e. The first kappa shape index (κ1) is 12.3. The molecule has 16 heavy (non-hydrogen) atoms. The molecule has 0 spiro atoms. The molecule has 4 aliphatic rings. The van der Waals surface area contributed by atoms with Gasteiger partial charge in [-0.3, -0.25) is 8.63 Å². The maximum atomic E-state index is 12.3. The van der Waals surface area contributed by atoms with E-state index in [1.807, 2.05) is 5.32 Å². The van der Waals surface area contributed by atoms with Gasteiger partial charge >= 0.3 is 7.27 Å². The predicted octanol–water partition coefficient (Wildman–Crippen LogP) is -1.51. The van der Waals surface area contributed by atoms with E-state index in [-0.39, 0.29) is 16.7 Å². The van der Waals surface area contributed by atoms with Gasteiger partial charge in [0.25, 0.3) is 0 Å². The molecule has 1 nitrogen and oxygen atoms in total. The molecule has 5 heteroatoms. The average Bonchev–Trinajstić information content (AvgIpc) is 2.12. The number of quaternary nitrogens is 1. The summed E-state index contributed by atoms with van der Waals surface area (Å²) in [6.45, 7) is 0. The number of nitrogens with two attached hydrogens (primary N) is 1. The molecule has 4 fully saturated rings. The van der Waals surface area contributed by atoms with Crippen molar-refractivity contribution >= 4 is 7.27 Å². The molecule has 2 N–H and O–H groups in total. The average molecular weight is 233 g/mol. The molecule has 0 atom stereocenters. The van der Waals surface area contributed by atoms with E-state index in [2.05, 4.69) is 0 Å². The fourth-order valence-corrected chi connectivity index (χ4v) is 4.77. The van der Waals surface area contributed by atoms with Crippen LogP contribution in [0.25, 0.3) is 0 Å². The van der Waals surface area contributed by atoms with Gasteiger partial charge in [-0.15, -0.1) is 0 Å². The highest BCUT2D eigenvalue weighted by Crippen LogP contribution is 2.54. The van der Waals surface area contributed by atoms with Crippen LogP contribution < -0.4 is 10.0 Å². The minimum Gasteiger partial charge on any atom is -1.00 e. The molecule has 0 aromatic carbocycles. The molecule has 0 aromatic rings. The lowest BCUT2D eigenvalue weighted by Crippen LogP contribution is -3.00. The van der Waals surface area contributed by atoms with Crippen LogP contribution in [0.2, 0.25) is 0 Å². The normalized spacial score (nSPS) is 44.2. The lowest BCUT2D eigenvalue weighted by atomic mass is 9.53. The van der Waals surface area contributed by atoms with Crippen molar-refractivity contribution in [3.63, 3.8) is 0 Å². The SMILES string of the molecule is FB(F)C[NH2+]C12CC3CC(CC(C3)C1)C2.[F-]. The van der Waals surface area contributed by atoms with Crippen LogP contribution in [-0.2, 0) is 0 Å². The van der Waals surface area contributed by atoms with Crippen LogP contribution in [-0.4, -0.2) is 19.2 Å². The summed E-state index contributed by atoms with van der Waals surface area (Å²) in [5, 5.41) is 1.99. The molecule has 0 unspecified atom stereocenters. The Morgan fingerprint density at radius 1 is 1.00 bits per heavy atom. The van der Waals surface area contributed by atoms with Crippen molar-refractivity contribution in [2.24, 2.45) is 17.8 Å². The third-order valence-corrected chi connectivity index (χ3v) is 4.81. The van der Waals surface area contributed by atoms with Gasteiger partial charge in [-0.25, -0.2) is 0 Å². The second kappa shape index (κ2) is 4.24. The minimum absolute atomic E-state index is 0. The first-order valence-corrected chi connectivity index (χ1v) is 6.28. The molecule has 4 bridgehead atoms. The number of halogens is 3. The molecule has 4 aliphatic carbocycles. The molecule has 4 saturated carbocycles. The van der Waals surface area contributed by atoms with Gasteiger partial charge in [0.05, 0.1) is 5.54 Å². The Balaban J connectivity index is 0.000000963. The summed E-state index contributed by atoms with van der Waals surface area (Å²) in [4.78, 5) is 0. The fraction of sp³-hybridized carbons (Fsp3) is 1.00. The Bertz CT molecular complexity index is 224. The molecular weight excluding hydrogens is 214 g/mol. The fourth-order valence-electron chi connectivity index (χ4n) is 4.77. The lowest BCUT2D eigenvalue weighted by molar-refractivity contribution is -0.728. The summed E-state index contributed by atoms with van der Waals surface area (Å²) in [6, 6.07) is 0. The third-order valence-electron chi connectivity index (χ3n) is 4.81. The smallest absolute Gasteiger partial charge is 0.592 e.